The highest BCUT2D eigenvalue weighted by molar-refractivity contribution is 5.78. The second kappa shape index (κ2) is 7.99. The van der Waals surface area contributed by atoms with Gasteiger partial charge in [0.15, 0.2) is 17.5 Å². The average molecular weight is 445 g/mol. The number of nitrogens with one attached hydrogen (secondary N) is 3. The third kappa shape index (κ3) is 3.92. The number of urea groups is 1. The van der Waals surface area contributed by atoms with E-state index in [0.717, 1.165) is 24.2 Å². The van der Waals surface area contributed by atoms with Gasteiger partial charge in [0.2, 0.25) is 0 Å². The molecule has 0 bridgehead atoms. The van der Waals surface area contributed by atoms with Crippen molar-refractivity contribution in [3.8, 4) is 0 Å². The molecular formula is C22H33FN8O. The number of fused-ring (bicyclic) bond motifs is 1. The van der Waals surface area contributed by atoms with Crippen molar-refractivity contribution < 1.29 is 9.18 Å². The lowest BCUT2D eigenvalue weighted by atomic mass is 9.98. The third-order valence-electron chi connectivity index (χ3n) is 6.42. The van der Waals surface area contributed by atoms with E-state index in [0.29, 0.717) is 31.2 Å². The van der Waals surface area contributed by atoms with E-state index < -0.39 is 11.4 Å². The Morgan fingerprint density at radius 3 is 2.78 bits per heavy atom. The van der Waals surface area contributed by atoms with Gasteiger partial charge in [0.25, 0.3) is 0 Å². The van der Waals surface area contributed by atoms with Gasteiger partial charge in [0.1, 0.15) is 5.82 Å². The van der Waals surface area contributed by atoms with Crippen LogP contribution in [0.5, 0.6) is 0 Å². The molecule has 0 aliphatic carbocycles. The maximum atomic E-state index is 14.4. The highest BCUT2D eigenvalue weighted by atomic mass is 19.1. The lowest BCUT2D eigenvalue weighted by molar-refractivity contribution is 0.0666. The number of aryl methyl sites for hydroxylation is 1. The van der Waals surface area contributed by atoms with Crippen molar-refractivity contribution in [3.05, 3.63) is 29.1 Å². The molecule has 1 fully saturated rings. The molecule has 2 aromatic heterocycles. The second-order valence-corrected chi connectivity index (χ2v) is 9.95. The monoisotopic (exact) mass is 444 g/mol. The van der Waals surface area contributed by atoms with Crippen LogP contribution in [0.25, 0.3) is 0 Å². The van der Waals surface area contributed by atoms with Gasteiger partial charge < -0.3 is 20.4 Å². The molecule has 2 aliphatic rings. The number of anilines is 2. The Balaban J connectivity index is 1.59. The van der Waals surface area contributed by atoms with Crippen LogP contribution in [0.4, 0.5) is 20.8 Å². The predicted molar refractivity (Wildman–Crippen MR) is 120 cm³/mol. The number of hydrogen-bond acceptors (Lipinski definition) is 6. The molecule has 0 unspecified atom stereocenters. The fourth-order valence-corrected chi connectivity index (χ4v) is 4.46. The molecule has 4 rings (SSSR count). The fraction of sp³-hybridized carbons (Fsp3) is 0.636. The largest absolute Gasteiger partial charge is 0.321 e. The number of hydrogen-bond donors (Lipinski definition) is 3. The van der Waals surface area contributed by atoms with Crippen molar-refractivity contribution in [2.75, 3.05) is 18.4 Å². The maximum Gasteiger partial charge on any atom is 0.321 e. The molecule has 2 aliphatic heterocycles. The summed E-state index contributed by atoms with van der Waals surface area (Å²) in [6, 6.07) is 0.0826. The average Bonchev–Trinajstić information content (AvgIpc) is 3.24. The molecule has 2 aromatic rings. The summed E-state index contributed by atoms with van der Waals surface area (Å²) < 4.78 is 14.4. The molecule has 3 N–H and O–H groups in total. The number of rotatable bonds is 4. The van der Waals surface area contributed by atoms with E-state index in [1.807, 2.05) is 30.6 Å². The maximum absolute atomic E-state index is 14.4. The summed E-state index contributed by atoms with van der Waals surface area (Å²) in [6.07, 6.45) is 2.72. The molecule has 1 atom stereocenters. The van der Waals surface area contributed by atoms with Gasteiger partial charge in [-0.05, 0) is 41.0 Å². The molecule has 0 radical (unpaired) electrons. The number of nitrogens with zero attached hydrogens (tertiary/aromatic N) is 5. The normalized spacial score (nSPS) is 21.5. The summed E-state index contributed by atoms with van der Waals surface area (Å²) >= 11 is 0. The molecule has 2 amide bonds. The molecule has 0 aromatic carbocycles. The lowest BCUT2D eigenvalue weighted by Gasteiger charge is -2.46. The molecule has 32 heavy (non-hydrogen) atoms. The van der Waals surface area contributed by atoms with Gasteiger partial charge in [-0.15, -0.1) is 0 Å². The van der Waals surface area contributed by atoms with Crippen LogP contribution < -0.4 is 10.6 Å². The van der Waals surface area contributed by atoms with E-state index in [1.54, 1.807) is 0 Å². The standard InChI is InChI=1S/C22H33FN8O/c1-7-8-16-24-10-15(23)19(26-16)27-18-14-11-31(22(5,6)17(14)28-29-18)20(32)30-12-21(3,4)25-9-13(30)2/h10,13,25H,7-9,11-12H2,1-6H3,(H2,24,26,27,28,29)/t13-/m0/s1. The first-order valence-corrected chi connectivity index (χ1v) is 11.2. The van der Waals surface area contributed by atoms with Crippen LogP contribution in [0.2, 0.25) is 0 Å². The van der Waals surface area contributed by atoms with Gasteiger partial charge in [-0.3, -0.25) is 5.10 Å². The smallest absolute Gasteiger partial charge is 0.321 e. The molecule has 0 spiro atoms. The molecule has 1 saturated heterocycles. The topological polar surface area (TPSA) is 102 Å². The van der Waals surface area contributed by atoms with Crippen LogP contribution in [0.1, 0.15) is 65.0 Å². The lowest BCUT2D eigenvalue weighted by Crippen LogP contribution is -2.64. The van der Waals surface area contributed by atoms with Gasteiger partial charge in [-0.1, -0.05) is 6.92 Å². The number of H-pyrrole nitrogens is 1. The molecule has 0 saturated carbocycles. The minimum atomic E-state index is -0.578. The number of carbonyl (C=O) groups excluding carboxylic acids is 1. The Kier molecular flexibility index (Phi) is 5.60. The van der Waals surface area contributed by atoms with E-state index in [-0.39, 0.29) is 23.4 Å². The van der Waals surface area contributed by atoms with Crippen molar-refractivity contribution in [2.24, 2.45) is 0 Å². The minimum Gasteiger partial charge on any atom is -0.321 e. The SMILES string of the molecule is CCCc1ncc(F)c(Nc2n[nH]c3c2CN(C(=O)N2CC(C)(C)NC[C@@H]2C)C3(C)C)n1. The molecule has 10 heteroatoms. The zero-order valence-electron chi connectivity index (χ0n) is 19.7. The molecule has 174 valence electrons. The first-order valence-electron chi connectivity index (χ1n) is 11.2. The highest BCUT2D eigenvalue weighted by Crippen LogP contribution is 2.42. The van der Waals surface area contributed by atoms with Crippen molar-refractivity contribution in [1.82, 2.24) is 35.3 Å². The zero-order chi connectivity index (χ0) is 23.3. The number of carbonyl (C=O) groups is 1. The summed E-state index contributed by atoms with van der Waals surface area (Å²) in [6.45, 7) is 14.0. The van der Waals surface area contributed by atoms with Gasteiger partial charge in [0, 0.05) is 36.7 Å². The minimum absolute atomic E-state index is 0.00827. The quantitative estimate of drug-likeness (QED) is 0.669. The Bertz CT molecular complexity index is 1020. The Morgan fingerprint density at radius 2 is 2.06 bits per heavy atom. The molecule has 4 heterocycles. The van der Waals surface area contributed by atoms with Gasteiger partial charge in [0.05, 0.1) is 24.0 Å². The molecule has 9 nitrogen and oxygen atoms in total. The van der Waals surface area contributed by atoms with Crippen LogP contribution in [-0.4, -0.2) is 60.7 Å². The summed E-state index contributed by atoms with van der Waals surface area (Å²) in [5.41, 5.74) is 0.972. The van der Waals surface area contributed by atoms with Crippen LogP contribution in [-0.2, 0) is 18.5 Å². The van der Waals surface area contributed by atoms with Crippen molar-refractivity contribution in [1.29, 1.82) is 0 Å². The summed E-state index contributed by atoms with van der Waals surface area (Å²) in [5.74, 6) is 0.620. The third-order valence-corrected chi connectivity index (χ3v) is 6.42. The Hall–Kier alpha value is -2.75. The summed E-state index contributed by atoms with van der Waals surface area (Å²) in [4.78, 5) is 25.8. The van der Waals surface area contributed by atoms with E-state index in [4.69, 9.17) is 0 Å². The first kappa shape index (κ1) is 22.4. The van der Waals surface area contributed by atoms with Gasteiger partial charge >= 0.3 is 6.03 Å². The Morgan fingerprint density at radius 1 is 1.31 bits per heavy atom. The van der Waals surface area contributed by atoms with E-state index in [2.05, 4.69) is 51.6 Å². The van der Waals surface area contributed by atoms with E-state index >= 15 is 0 Å². The highest BCUT2D eigenvalue weighted by Gasteiger charge is 2.47. The second-order valence-electron chi connectivity index (χ2n) is 9.95. The summed E-state index contributed by atoms with van der Waals surface area (Å²) in [7, 11) is 0. The Labute approximate surface area is 188 Å². The van der Waals surface area contributed by atoms with Crippen LogP contribution in [0, 0.1) is 5.82 Å². The number of amides is 2. The summed E-state index contributed by atoms with van der Waals surface area (Å²) in [5, 5.41) is 13.9. The van der Waals surface area contributed by atoms with Gasteiger partial charge in [-0.25, -0.2) is 19.2 Å². The number of aromatic nitrogens is 4. The van der Waals surface area contributed by atoms with Crippen molar-refractivity contribution in [2.45, 2.75) is 78.0 Å². The molecular weight excluding hydrogens is 411 g/mol. The van der Waals surface area contributed by atoms with Crippen LogP contribution in [0.3, 0.4) is 0 Å². The predicted octanol–water partition coefficient (Wildman–Crippen LogP) is 3.28. The number of halogens is 1. The fourth-order valence-electron chi connectivity index (χ4n) is 4.46. The van der Waals surface area contributed by atoms with Crippen LogP contribution in [0.15, 0.2) is 6.20 Å². The zero-order valence-corrected chi connectivity index (χ0v) is 19.7. The number of piperazine rings is 1. The van der Waals surface area contributed by atoms with Gasteiger partial charge in [-0.2, -0.15) is 5.10 Å². The van der Waals surface area contributed by atoms with E-state index in [9.17, 15) is 9.18 Å². The van der Waals surface area contributed by atoms with Crippen molar-refractivity contribution >= 4 is 17.7 Å². The van der Waals surface area contributed by atoms with Crippen molar-refractivity contribution in [3.63, 3.8) is 0 Å². The van der Waals surface area contributed by atoms with E-state index in [1.165, 1.54) is 6.20 Å². The van der Waals surface area contributed by atoms with Crippen LogP contribution >= 0.6 is 0 Å². The first-order chi connectivity index (χ1) is 15.0. The number of aromatic amines is 1.